The van der Waals surface area contributed by atoms with Crippen molar-refractivity contribution in [1.82, 2.24) is 24.8 Å². The van der Waals surface area contributed by atoms with E-state index in [0.29, 0.717) is 15.9 Å². The molecule has 3 heterocycles. The predicted octanol–water partition coefficient (Wildman–Crippen LogP) is 0.0816. The van der Waals surface area contributed by atoms with Crippen molar-refractivity contribution in [3.63, 3.8) is 0 Å². The van der Waals surface area contributed by atoms with Crippen molar-refractivity contribution in [2.24, 2.45) is 0 Å². The fourth-order valence-electron chi connectivity index (χ4n) is 2.35. The van der Waals surface area contributed by atoms with Crippen LogP contribution in [0.25, 0.3) is 10.2 Å². The van der Waals surface area contributed by atoms with Gasteiger partial charge in [0.2, 0.25) is 5.91 Å². The van der Waals surface area contributed by atoms with Crippen LogP contribution in [0, 0.1) is 0 Å². The molecule has 3 rings (SSSR count). The van der Waals surface area contributed by atoms with Gasteiger partial charge in [-0.05, 0) is 11.4 Å². The molecule has 0 aromatic carbocycles. The molecule has 3 aromatic rings. The van der Waals surface area contributed by atoms with Gasteiger partial charge in [-0.15, -0.1) is 11.3 Å². The molecule has 0 aliphatic rings. The van der Waals surface area contributed by atoms with Crippen LogP contribution in [-0.2, 0) is 27.3 Å². The normalized spacial score (nSPS) is 12.0. The van der Waals surface area contributed by atoms with Crippen molar-refractivity contribution in [2.75, 3.05) is 7.11 Å². The van der Waals surface area contributed by atoms with Gasteiger partial charge in [0.1, 0.15) is 17.4 Å². The highest BCUT2D eigenvalue weighted by Gasteiger charge is 2.23. The van der Waals surface area contributed by atoms with Gasteiger partial charge in [-0.25, -0.2) is 14.8 Å². The average Bonchev–Trinajstić information content (AvgIpc) is 3.27. The Morgan fingerprint density at radius 1 is 1.48 bits per heavy atom. The van der Waals surface area contributed by atoms with Crippen LogP contribution in [0.2, 0.25) is 0 Å². The zero-order chi connectivity index (χ0) is 17.8. The smallest absolute Gasteiger partial charge is 0.328 e. The summed E-state index contributed by atoms with van der Waals surface area (Å²) in [7, 11) is 1.24. The highest BCUT2D eigenvalue weighted by molar-refractivity contribution is 7.16. The topological polar surface area (TPSA) is 119 Å². The number of methoxy groups -OCH3 is 1. The number of thiophene rings is 1. The number of aromatic nitrogens is 4. The zero-order valence-electron chi connectivity index (χ0n) is 13.3. The number of nitrogens with one attached hydrogen (secondary N) is 2. The van der Waals surface area contributed by atoms with Gasteiger partial charge in [-0.1, -0.05) is 0 Å². The van der Waals surface area contributed by atoms with Crippen LogP contribution in [0.1, 0.15) is 5.69 Å². The van der Waals surface area contributed by atoms with E-state index in [0.717, 1.165) is 0 Å². The van der Waals surface area contributed by atoms with E-state index >= 15 is 0 Å². The summed E-state index contributed by atoms with van der Waals surface area (Å²) in [6, 6.07) is 0.783. The lowest BCUT2D eigenvalue weighted by Crippen LogP contribution is -2.45. The van der Waals surface area contributed by atoms with Crippen molar-refractivity contribution in [1.29, 1.82) is 0 Å². The van der Waals surface area contributed by atoms with Crippen molar-refractivity contribution in [2.45, 2.75) is 19.0 Å². The second-order valence-electron chi connectivity index (χ2n) is 5.24. The van der Waals surface area contributed by atoms with Gasteiger partial charge < -0.3 is 15.0 Å². The van der Waals surface area contributed by atoms with Gasteiger partial charge in [0.25, 0.3) is 5.56 Å². The van der Waals surface area contributed by atoms with E-state index in [9.17, 15) is 14.4 Å². The van der Waals surface area contributed by atoms with Gasteiger partial charge in [0.05, 0.1) is 25.2 Å². The van der Waals surface area contributed by atoms with E-state index in [-0.39, 0.29) is 18.5 Å². The second-order valence-corrected chi connectivity index (χ2v) is 6.14. The summed E-state index contributed by atoms with van der Waals surface area (Å²) >= 11 is 1.35. The molecule has 0 bridgehead atoms. The number of hydrogen-bond donors (Lipinski definition) is 2. The minimum Gasteiger partial charge on any atom is -0.467 e. The summed E-state index contributed by atoms with van der Waals surface area (Å²) in [5, 5.41) is 4.80. The summed E-state index contributed by atoms with van der Waals surface area (Å²) in [5.74, 6) is -1.07. The van der Waals surface area contributed by atoms with Gasteiger partial charge in [-0.2, -0.15) is 0 Å². The number of rotatable bonds is 6. The van der Waals surface area contributed by atoms with Gasteiger partial charge >= 0.3 is 5.97 Å². The van der Waals surface area contributed by atoms with Crippen LogP contribution < -0.4 is 10.9 Å². The summed E-state index contributed by atoms with van der Waals surface area (Å²) in [4.78, 5) is 47.9. The highest BCUT2D eigenvalue weighted by atomic mass is 32.1. The fraction of sp³-hybridized carbons (Fsp3) is 0.267. The monoisotopic (exact) mass is 361 g/mol. The molecule has 3 aromatic heterocycles. The number of esters is 1. The molecular weight excluding hydrogens is 346 g/mol. The number of ether oxygens (including phenoxy) is 1. The number of aromatic amines is 1. The number of nitrogens with zero attached hydrogens (tertiary/aromatic N) is 3. The van der Waals surface area contributed by atoms with Gasteiger partial charge in [0.15, 0.2) is 0 Å². The third-order valence-corrected chi connectivity index (χ3v) is 4.38. The molecular formula is C15H15N5O4S. The minimum atomic E-state index is -0.883. The Morgan fingerprint density at radius 3 is 3.04 bits per heavy atom. The molecule has 10 heteroatoms. The summed E-state index contributed by atoms with van der Waals surface area (Å²) in [6.07, 6.45) is 4.56. The quantitative estimate of drug-likeness (QED) is 0.600. The van der Waals surface area contributed by atoms with Crippen LogP contribution in [0.5, 0.6) is 0 Å². The van der Waals surface area contributed by atoms with Crippen molar-refractivity contribution >= 4 is 33.4 Å². The third-order valence-electron chi connectivity index (χ3n) is 3.56. The molecule has 0 unspecified atom stereocenters. The van der Waals surface area contributed by atoms with Crippen molar-refractivity contribution in [3.05, 3.63) is 46.3 Å². The Kier molecular flexibility index (Phi) is 4.89. The van der Waals surface area contributed by atoms with Crippen LogP contribution in [-0.4, -0.2) is 44.5 Å². The molecule has 0 spiro atoms. The third kappa shape index (κ3) is 3.74. The molecule has 25 heavy (non-hydrogen) atoms. The van der Waals surface area contributed by atoms with Crippen LogP contribution in [0.4, 0.5) is 0 Å². The summed E-state index contributed by atoms with van der Waals surface area (Å²) < 4.78 is 5.92. The molecule has 0 saturated heterocycles. The van der Waals surface area contributed by atoms with E-state index in [4.69, 9.17) is 4.74 Å². The summed E-state index contributed by atoms with van der Waals surface area (Å²) in [5.41, 5.74) is 0.374. The standard InChI is InChI=1S/C15H15N5O4S/c1-24-15(23)11(4-9-5-16-7-17-9)19-12(21)6-20-8-18-13-10(14(20)22)2-3-25-13/h2-3,5,7-8,11H,4,6H2,1H3,(H,16,17)(H,19,21)/t11-/m1/s1. The maximum atomic E-state index is 12.3. The zero-order valence-corrected chi connectivity index (χ0v) is 14.1. The second kappa shape index (κ2) is 7.26. The Morgan fingerprint density at radius 2 is 2.32 bits per heavy atom. The Bertz CT molecular complexity index is 946. The Balaban J connectivity index is 1.73. The first-order valence-electron chi connectivity index (χ1n) is 7.35. The largest absolute Gasteiger partial charge is 0.467 e. The number of carbonyl (C=O) groups excluding carboxylic acids is 2. The number of hydrogen-bond acceptors (Lipinski definition) is 7. The van der Waals surface area contributed by atoms with E-state index in [1.807, 2.05) is 0 Å². The number of imidazole rings is 1. The molecule has 0 radical (unpaired) electrons. The van der Waals surface area contributed by atoms with Gasteiger partial charge in [-0.3, -0.25) is 14.2 Å². The molecule has 130 valence electrons. The SMILES string of the molecule is COC(=O)[C@@H](Cc1cnc[nH]1)NC(=O)Cn1cnc2sccc2c1=O. The summed E-state index contributed by atoms with van der Waals surface area (Å²) in [6.45, 7) is -0.242. The molecule has 0 fully saturated rings. The maximum Gasteiger partial charge on any atom is 0.328 e. The van der Waals surface area contributed by atoms with Gasteiger partial charge in [0, 0.05) is 18.3 Å². The first kappa shape index (κ1) is 16.8. The number of fused-ring (bicyclic) bond motifs is 1. The number of carbonyl (C=O) groups is 2. The minimum absolute atomic E-state index is 0.203. The average molecular weight is 361 g/mol. The molecule has 1 amide bonds. The van der Waals surface area contributed by atoms with Crippen LogP contribution in [0.3, 0.4) is 0 Å². The lowest BCUT2D eigenvalue weighted by Gasteiger charge is -2.16. The molecule has 9 nitrogen and oxygen atoms in total. The van der Waals surface area contributed by atoms with E-state index in [1.54, 1.807) is 17.6 Å². The first-order valence-corrected chi connectivity index (χ1v) is 8.23. The van der Waals surface area contributed by atoms with Crippen LogP contribution >= 0.6 is 11.3 Å². The highest BCUT2D eigenvalue weighted by Crippen LogP contribution is 2.13. The first-order chi connectivity index (χ1) is 12.1. The Hall–Kier alpha value is -3.01. The lowest BCUT2D eigenvalue weighted by molar-refractivity contribution is -0.145. The van der Waals surface area contributed by atoms with E-state index in [1.165, 1.54) is 35.7 Å². The van der Waals surface area contributed by atoms with E-state index in [2.05, 4.69) is 20.3 Å². The predicted molar refractivity (Wildman–Crippen MR) is 90.1 cm³/mol. The lowest BCUT2D eigenvalue weighted by atomic mass is 10.1. The fourth-order valence-corrected chi connectivity index (χ4v) is 3.08. The van der Waals surface area contributed by atoms with Crippen molar-refractivity contribution in [3.8, 4) is 0 Å². The van der Waals surface area contributed by atoms with Crippen LogP contribution in [0.15, 0.2) is 35.1 Å². The number of amides is 1. The number of H-pyrrole nitrogens is 1. The molecule has 2 N–H and O–H groups in total. The Labute approximate surface area is 145 Å². The maximum absolute atomic E-state index is 12.3. The molecule has 0 saturated carbocycles. The van der Waals surface area contributed by atoms with Crippen molar-refractivity contribution < 1.29 is 14.3 Å². The molecule has 0 aliphatic heterocycles. The molecule has 1 atom stereocenters. The molecule has 0 aliphatic carbocycles. The van der Waals surface area contributed by atoms with E-state index < -0.39 is 17.9 Å².